The standard InChI is InChI=1S/C13H25BN2O3/c1-7-17-10(2)16-9-11(8-15)14-18-12(3,4)13(5,6)19-14/h8-10,15-16H,7H2,1-6H3/b11-9+,15-8?. The van der Waals surface area contributed by atoms with Crippen LogP contribution in [0.4, 0.5) is 0 Å². The van der Waals surface area contributed by atoms with Gasteiger partial charge in [-0.1, -0.05) is 0 Å². The lowest BCUT2D eigenvalue weighted by Crippen LogP contribution is -2.41. The molecule has 5 nitrogen and oxygen atoms in total. The number of hydrogen-bond acceptors (Lipinski definition) is 5. The van der Waals surface area contributed by atoms with Crippen LogP contribution in [0.5, 0.6) is 0 Å². The van der Waals surface area contributed by atoms with Gasteiger partial charge in [0, 0.05) is 18.3 Å². The molecule has 1 saturated heterocycles. The predicted molar refractivity (Wildman–Crippen MR) is 77.2 cm³/mol. The highest BCUT2D eigenvalue weighted by molar-refractivity contribution is 6.60. The molecule has 0 aromatic carbocycles. The van der Waals surface area contributed by atoms with Crippen molar-refractivity contribution in [2.75, 3.05) is 6.61 Å². The van der Waals surface area contributed by atoms with Crippen LogP contribution in [-0.4, -0.2) is 37.4 Å². The number of rotatable bonds is 6. The third-order valence-corrected chi connectivity index (χ3v) is 3.59. The summed E-state index contributed by atoms with van der Waals surface area (Å²) in [5.74, 6) is 0. The van der Waals surface area contributed by atoms with E-state index in [1.54, 1.807) is 6.20 Å². The summed E-state index contributed by atoms with van der Waals surface area (Å²) in [5.41, 5.74) is -0.151. The van der Waals surface area contributed by atoms with Crippen LogP contribution in [0.25, 0.3) is 0 Å². The highest BCUT2D eigenvalue weighted by atomic mass is 16.7. The van der Waals surface area contributed by atoms with Gasteiger partial charge in [-0.15, -0.1) is 0 Å². The molecule has 1 atom stereocenters. The van der Waals surface area contributed by atoms with Crippen LogP contribution in [-0.2, 0) is 14.0 Å². The molecule has 0 bridgehead atoms. The molecule has 6 heteroatoms. The van der Waals surface area contributed by atoms with Crippen LogP contribution in [0.3, 0.4) is 0 Å². The van der Waals surface area contributed by atoms with E-state index in [1.165, 1.54) is 6.21 Å². The molecule has 0 spiro atoms. The maximum absolute atomic E-state index is 7.50. The Kier molecular flexibility index (Phi) is 5.18. The second-order valence-electron chi connectivity index (χ2n) is 5.64. The molecule has 1 rings (SSSR count). The van der Waals surface area contributed by atoms with Gasteiger partial charge < -0.3 is 24.8 Å². The summed E-state index contributed by atoms with van der Waals surface area (Å²) in [6, 6.07) is 0. The first-order chi connectivity index (χ1) is 8.73. The van der Waals surface area contributed by atoms with Gasteiger partial charge >= 0.3 is 7.12 Å². The lowest BCUT2D eigenvalue weighted by molar-refractivity contribution is 0.00578. The fraction of sp³-hybridized carbons (Fsp3) is 0.769. The maximum atomic E-state index is 7.50. The van der Waals surface area contributed by atoms with Crippen molar-refractivity contribution in [1.82, 2.24) is 5.32 Å². The molecule has 0 aliphatic carbocycles. The van der Waals surface area contributed by atoms with Gasteiger partial charge in [-0.3, -0.25) is 0 Å². The van der Waals surface area contributed by atoms with Gasteiger partial charge in [0.25, 0.3) is 0 Å². The van der Waals surface area contributed by atoms with Crippen molar-refractivity contribution in [2.24, 2.45) is 0 Å². The van der Waals surface area contributed by atoms with Gasteiger partial charge in [0.1, 0.15) is 6.23 Å². The monoisotopic (exact) mass is 268 g/mol. The average Bonchev–Trinajstić information content (AvgIpc) is 2.49. The minimum absolute atomic E-state index is 0.109. The smallest absolute Gasteiger partial charge is 0.399 e. The predicted octanol–water partition coefficient (Wildman–Crippen LogP) is 2.12. The molecule has 0 aromatic heterocycles. The van der Waals surface area contributed by atoms with Crippen molar-refractivity contribution in [3.63, 3.8) is 0 Å². The van der Waals surface area contributed by atoms with Crippen LogP contribution in [0.1, 0.15) is 41.5 Å². The molecular formula is C13H25BN2O3. The lowest BCUT2D eigenvalue weighted by atomic mass is 9.79. The Balaban J connectivity index is 2.72. The zero-order chi connectivity index (χ0) is 14.7. The summed E-state index contributed by atoms with van der Waals surface area (Å²) in [5, 5.41) is 10.6. The molecule has 1 fully saturated rings. The maximum Gasteiger partial charge on any atom is 0.497 e. The van der Waals surface area contributed by atoms with Crippen molar-refractivity contribution in [3.8, 4) is 0 Å². The van der Waals surface area contributed by atoms with Crippen LogP contribution in [0.15, 0.2) is 11.7 Å². The normalized spacial score (nSPS) is 23.3. The second kappa shape index (κ2) is 6.07. The molecule has 0 amide bonds. The zero-order valence-electron chi connectivity index (χ0n) is 12.7. The van der Waals surface area contributed by atoms with E-state index >= 15 is 0 Å². The molecular weight excluding hydrogens is 243 g/mol. The van der Waals surface area contributed by atoms with E-state index in [-0.39, 0.29) is 6.23 Å². The lowest BCUT2D eigenvalue weighted by Gasteiger charge is -2.32. The Morgan fingerprint density at radius 2 is 1.84 bits per heavy atom. The molecule has 0 aromatic rings. The summed E-state index contributed by atoms with van der Waals surface area (Å²) in [6.07, 6.45) is 2.85. The summed E-state index contributed by atoms with van der Waals surface area (Å²) >= 11 is 0. The van der Waals surface area contributed by atoms with Crippen molar-refractivity contribution in [1.29, 1.82) is 5.41 Å². The van der Waals surface area contributed by atoms with Crippen molar-refractivity contribution >= 4 is 13.3 Å². The molecule has 0 saturated carbocycles. The van der Waals surface area contributed by atoms with E-state index in [1.807, 2.05) is 41.5 Å². The molecule has 19 heavy (non-hydrogen) atoms. The Bertz CT molecular complexity index is 340. The fourth-order valence-corrected chi connectivity index (χ4v) is 1.67. The van der Waals surface area contributed by atoms with E-state index in [0.29, 0.717) is 12.1 Å². The van der Waals surface area contributed by atoms with Gasteiger partial charge in [-0.25, -0.2) is 0 Å². The molecule has 1 unspecified atom stereocenters. The fourth-order valence-electron chi connectivity index (χ4n) is 1.67. The molecule has 0 radical (unpaired) electrons. The zero-order valence-corrected chi connectivity index (χ0v) is 12.7. The number of allylic oxidation sites excluding steroid dienone is 1. The van der Waals surface area contributed by atoms with E-state index in [9.17, 15) is 0 Å². The third kappa shape index (κ3) is 3.81. The quantitative estimate of drug-likeness (QED) is 0.440. The largest absolute Gasteiger partial charge is 0.497 e. The summed E-state index contributed by atoms with van der Waals surface area (Å²) in [6.45, 7) is 12.4. The van der Waals surface area contributed by atoms with E-state index in [2.05, 4.69) is 5.32 Å². The number of ether oxygens (including phenoxy) is 1. The highest BCUT2D eigenvalue weighted by Gasteiger charge is 2.52. The Morgan fingerprint density at radius 1 is 1.32 bits per heavy atom. The van der Waals surface area contributed by atoms with Crippen molar-refractivity contribution in [2.45, 2.75) is 59.0 Å². The number of hydrogen-bond donors (Lipinski definition) is 2. The van der Waals surface area contributed by atoms with Gasteiger partial charge in [-0.2, -0.15) is 0 Å². The van der Waals surface area contributed by atoms with Crippen LogP contribution in [0.2, 0.25) is 0 Å². The highest BCUT2D eigenvalue weighted by Crippen LogP contribution is 2.38. The Hall–Kier alpha value is -0.845. The Morgan fingerprint density at radius 3 is 2.26 bits per heavy atom. The van der Waals surface area contributed by atoms with Gasteiger partial charge in [0.05, 0.1) is 11.2 Å². The molecule has 2 N–H and O–H groups in total. The molecule has 1 aliphatic rings. The van der Waals surface area contributed by atoms with Crippen LogP contribution in [0, 0.1) is 5.41 Å². The summed E-state index contributed by atoms with van der Waals surface area (Å²) in [7, 11) is -0.524. The first kappa shape index (κ1) is 16.2. The summed E-state index contributed by atoms with van der Waals surface area (Å²) in [4.78, 5) is 0. The first-order valence-electron chi connectivity index (χ1n) is 6.67. The van der Waals surface area contributed by atoms with Crippen molar-refractivity contribution in [3.05, 3.63) is 11.7 Å². The summed E-state index contributed by atoms with van der Waals surface area (Å²) < 4.78 is 17.1. The second-order valence-corrected chi connectivity index (χ2v) is 5.64. The number of nitrogens with one attached hydrogen (secondary N) is 2. The minimum Gasteiger partial charge on any atom is -0.399 e. The van der Waals surface area contributed by atoms with Crippen LogP contribution < -0.4 is 5.32 Å². The topological polar surface area (TPSA) is 63.6 Å². The SMILES string of the molecule is CCOC(C)N/C=C(\C=N)B1OC(C)(C)C(C)(C)O1. The molecule has 108 valence electrons. The molecule has 1 aliphatic heterocycles. The van der Waals surface area contributed by atoms with Gasteiger partial charge in [0.15, 0.2) is 0 Å². The van der Waals surface area contributed by atoms with Crippen molar-refractivity contribution < 1.29 is 14.0 Å². The Labute approximate surface area is 116 Å². The first-order valence-corrected chi connectivity index (χ1v) is 6.67. The average molecular weight is 268 g/mol. The minimum atomic E-state index is -0.524. The van der Waals surface area contributed by atoms with E-state index < -0.39 is 18.3 Å². The van der Waals surface area contributed by atoms with E-state index in [0.717, 1.165) is 0 Å². The third-order valence-electron chi connectivity index (χ3n) is 3.59. The van der Waals surface area contributed by atoms with E-state index in [4.69, 9.17) is 19.5 Å². The van der Waals surface area contributed by atoms with Crippen LogP contribution >= 0.6 is 0 Å². The van der Waals surface area contributed by atoms with Gasteiger partial charge in [-0.05, 0) is 47.7 Å². The molecule has 1 heterocycles. The van der Waals surface area contributed by atoms with Gasteiger partial charge in [0.2, 0.25) is 0 Å².